The molecule has 0 saturated carbocycles. The molecule has 0 bridgehead atoms. The van der Waals surface area contributed by atoms with Gasteiger partial charge in [-0.2, -0.15) is 0 Å². The number of sulfonamides is 1. The number of carbonyl (C=O) groups excluding carboxylic acids is 2. The van der Waals surface area contributed by atoms with Gasteiger partial charge in [0.2, 0.25) is 15.9 Å². The molecule has 1 saturated heterocycles. The lowest BCUT2D eigenvalue weighted by Gasteiger charge is -2.31. The SMILES string of the molecule is CC[C@H](C(=O)Nc1ccccc1C(=O)N1CCCCC1)N(c1ccc(Cl)cc1)S(C)(=O)=O. The van der Waals surface area contributed by atoms with Crippen LogP contribution in [0.5, 0.6) is 0 Å². The summed E-state index contributed by atoms with van der Waals surface area (Å²) in [4.78, 5) is 28.1. The number of para-hydroxylation sites is 1. The van der Waals surface area contributed by atoms with E-state index in [1.165, 1.54) is 0 Å². The maximum absolute atomic E-state index is 13.3. The Balaban J connectivity index is 1.89. The maximum Gasteiger partial charge on any atom is 0.255 e. The minimum absolute atomic E-state index is 0.133. The van der Waals surface area contributed by atoms with Crippen molar-refractivity contribution in [2.75, 3.05) is 29.0 Å². The summed E-state index contributed by atoms with van der Waals surface area (Å²) < 4.78 is 26.3. The third kappa shape index (κ3) is 5.61. The molecule has 3 rings (SSSR count). The van der Waals surface area contributed by atoms with Gasteiger partial charge >= 0.3 is 0 Å². The first-order chi connectivity index (χ1) is 15.2. The van der Waals surface area contributed by atoms with Gasteiger partial charge in [0, 0.05) is 18.1 Å². The van der Waals surface area contributed by atoms with Crippen LogP contribution in [0.25, 0.3) is 0 Å². The lowest BCUT2D eigenvalue weighted by Crippen LogP contribution is -2.47. The van der Waals surface area contributed by atoms with Gasteiger partial charge in [-0.1, -0.05) is 30.7 Å². The minimum atomic E-state index is -3.77. The van der Waals surface area contributed by atoms with Crippen LogP contribution in [0.2, 0.25) is 5.02 Å². The first-order valence-electron chi connectivity index (χ1n) is 10.7. The molecule has 0 spiro atoms. The number of piperidine rings is 1. The maximum atomic E-state index is 13.3. The van der Waals surface area contributed by atoms with Gasteiger partial charge in [0.25, 0.3) is 5.91 Å². The summed E-state index contributed by atoms with van der Waals surface area (Å²) in [7, 11) is -3.77. The Morgan fingerprint density at radius 3 is 2.28 bits per heavy atom. The molecule has 2 aromatic carbocycles. The number of carbonyl (C=O) groups is 2. The van der Waals surface area contributed by atoms with Gasteiger partial charge in [0.05, 0.1) is 23.2 Å². The van der Waals surface area contributed by atoms with Crippen molar-refractivity contribution in [3.8, 4) is 0 Å². The predicted octanol–water partition coefficient (Wildman–Crippen LogP) is 4.15. The van der Waals surface area contributed by atoms with E-state index in [9.17, 15) is 18.0 Å². The lowest BCUT2D eigenvalue weighted by molar-refractivity contribution is -0.117. The standard InChI is InChI=1S/C23H28ClN3O4S/c1-3-21(27(32(2,30)31)18-13-11-17(24)12-14-18)22(28)25-20-10-6-5-9-19(20)23(29)26-15-7-4-8-16-26/h5-6,9-14,21H,3-4,7-8,15-16H2,1-2H3,(H,25,28)/t21-/m1/s1. The molecule has 9 heteroatoms. The van der Waals surface area contributed by atoms with Crippen LogP contribution in [-0.4, -0.2) is 50.5 Å². The Morgan fingerprint density at radius 2 is 1.69 bits per heavy atom. The summed E-state index contributed by atoms with van der Waals surface area (Å²) in [6.45, 7) is 3.12. The molecule has 32 heavy (non-hydrogen) atoms. The molecular formula is C23H28ClN3O4S. The number of likely N-dealkylation sites (tertiary alicyclic amines) is 1. The number of anilines is 2. The molecule has 172 valence electrons. The Kier molecular flexibility index (Phi) is 7.79. The van der Waals surface area contributed by atoms with Crippen molar-refractivity contribution in [3.63, 3.8) is 0 Å². The zero-order valence-electron chi connectivity index (χ0n) is 18.3. The van der Waals surface area contributed by atoms with Gasteiger partial charge in [-0.15, -0.1) is 0 Å². The fourth-order valence-electron chi connectivity index (χ4n) is 3.91. The van der Waals surface area contributed by atoms with Gasteiger partial charge in [-0.25, -0.2) is 8.42 Å². The monoisotopic (exact) mass is 477 g/mol. The van der Waals surface area contributed by atoms with Gasteiger partial charge in [0.1, 0.15) is 6.04 Å². The lowest BCUT2D eigenvalue weighted by atomic mass is 10.1. The molecule has 1 heterocycles. The summed E-state index contributed by atoms with van der Waals surface area (Å²) in [5, 5.41) is 3.26. The molecule has 2 aromatic rings. The Bertz CT molecular complexity index is 1070. The molecule has 2 amide bonds. The summed E-state index contributed by atoms with van der Waals surface area (Å²) in [5.41, 5.74) is 1.11. The average molecular weight is 478 g/mol. The summed E-state index contributed by atoms with van der Waals surface area (Å²) in [6, 6.07) is 12.1. The second-order valence-corrected chi connectivity index (χ2v) is 10.1. The number of benzene rings is 2. The van der Waals surface area contributed by atoms with Crippen LogP contribution in [0, 0.1) is 0 Å². The number of amides is 2. The van der Waals surface area contributed by atoms with Crippen LogP contribution in [0.1, 0.15) is 43.0 Å². The molecule has 1 aliphatic heterocycles. The summed E-state index contributed by atoms with van der Waals surface area (Å²) in [6.07, 6.45) is 4.33. The minimum Gasteiger partial charge on any atom is -0.339 e. The van der Waals surface area contributed by atoms with E-state index in [1.54, 1.807) is 60.4 Å². The highest BCUT2D eigenvalue weighted by Gasteiger charge is 2.32. The van der Waals surface area contributed by atoms with Crippen molar-refractivity contribution in [1.82, 2.24) is 4.90 Å². The number of hydrogen-bond acceptors (Lipinski definition) is 4. The topological polar surface area (TPSA) is 86.8 Å². The van der Waals surface area contributed by atoms with Crippen molar-refractivity contribution in [2.24, 2.45) is 0 Å². The van der Waals surface area contributed by atoms with E-state index in [4.69, 9.17) is 11.6 Å². The normalized spacial score (nSPS) is 15.2. The van der Waals surface area contributed by atoms with E-state index in [1.807, 2.05) is 0 Å². The van der Waals surface area contributed by atoms with E-state index >= 15 is 0 Å². The third-order valence-corrected chi connectivity index (χ3v) is 6.90. The first kappa shape index (κ1) is 24.1. The quantitative estimate of drug-likeness (QED) is 0.649. The van der Waals surface area contributed by atoms with Gasteiger partial charge in [-0.3, -0.25) is 13.9 Å². The number of hydrogen-bond donors (Lipinski definition) is 1. The molecule has 7 nitrogen and oxygen atoms in total. The van der Waals surface area contributed by atoms with E-state index < -0.39 is 22.0 Å². The van der Waals surface area contributed by atoms with Crippen molar-refractivity contribution in [3.05, 3.63) is 59.1 Å². The van der Waals surface area contributed by atoms with Crippen LogP contribution in [0.15, 0.2) is 48.5 Å². The highest BCUT2D eigenvalue weighted by atomic mass is 35.5. The molecule has 1 fully saturated rings. The van der Waals surface area contributed by atoms with E-state index in [0.717, 1.165) is 29.8 Å². The summed E-state index contributed by atoms with van der Waals surface area (Å²) >= 11 is 5.94. The summed E-state index contributed by atoms with van der Waals surface area (Å²) in [5.74, 6) is -0.641. The zero-order chi connectivity index (χ0) is 23.3. The molecule has 0 unspecified atom stereocenters. The number of nitrogens with zero attached hydrogens (tertiary/aromatic N) is 2. The first-order valence-corrected chi connectivity index (χ1v) is 12.9. The second kappa shape index (κ2) is 10.4. The van der Waals surface area contributed by atoms with Gasteiger partial charge in [0.15, 0.2) is 0 Å². The van der Waals surface area contributed by atoms with Gasteiger partial charge < -0.3 is 10.2 Å². The number of halogens is 1. The smallest absolute Gasteiger partial charge is 0.255 e. The zero-order valence-corrected chi connectivity index (χ0v) is 19.8. The van der Waals surface area contributed by atoms with Crippen molar-refractivity contribution >= 4 is 44.8 Å². The average Bonchev–Trinajstić information content (AvgIpc) is 2.78. The number of rotatable bonds is 7. The fraction of sp³-hybridized carbons (Fsp3) is 0.391. The predicted molar refractivity (Wildman–Crippen MR) is 128 cm³/mol. The van der Waals surface area contributed by atoms with E-state index in [-0.39, 0.29) is 12.3 Å². The van der Waals surface area contributed by atoms with Crippen LogP contribution in [0.3, 0.4) is 0 Å². The Labute approximate surface area is 194 Å². The largest absolute Gasteiger partial charge is 0.339 e. The highest BCUT2D eigenvalue weighted by Crippen LogP contribution is 2.26. The molecule has 0 aliphatic carbocycles. The highest BCUT2D eigenvalue weighted by molar-refractivity contribution is 7.92. The Hall–Kier alpha value is -2.58. The molecule has 1 atom stereocenters. The molecule has 1 N–H and O–H groups in total. The molecule has 0 radical (unpaired) electrons. The van der Waals surface area contributed by atoms with Gasteiger partial charge in [-0.05, 0) is 62.1 Å². The fourth-order valence-corrected chi connectivity index (χ4v) is 5.25. The molecule has 1 aliphatic rings. The van der Waals surface area contributed by atoms with Crippen LogP contribution >= 0.6 is 11.6 Å². The molecular weight excluding hydrogens is 450 g/mol. The molecule has 0 aromatic heterocycles. The van der Waals surface area contributed by atoms with Crippen molar-refractivity contribution in [1.29, 1.82) is 0 Å². The van der Waals surface area contributed by atoms with E-state index in [2.05, 4.69) is 5.32 Å². The third-order valence-electron chi connectivity index (χ3n) is 5.47. The van der Waals surface area contributed by atoms with E-state index in [0.29, 0.717) is 35.1 Å². The number of nitrogens with one attached hydrogen (secondary N) is 1. The van der Waals surface area contributed by atoms with Crippen LogP contribution < -0.4 is 9.62 Å². The Morgan fingerprint density at radius 1 is 1.06 bits per heavy atom. The van der Waals surface area contributed by atoms with Crippen LogP contribution in [0.4, 0.5) is 11.4 Å². The van der Waals surface area contributed by atoms with Crippen molar-refractivity contribution < 1.29 is 18.0 Å². The second-order valence-electron chi connectivity index (χ2n) is 7.85. The van der Waals surface area contributed by atoms with Crippen LogP contribution in [-0.2, 0) is 14.8 Å². The van der Waals surface area contributed by atoms with Crippen molar-refractivity contribution in [2.45, 2.75) is 38.6 Å².